The second-order valence-electron chi connectivity index (χ2n) is 6.64. The number of rotatable bonds is 8. The molecule has 1 aromatic carbocycles. The van der Waals surface area contributed by atoms with Gasteiger partial charge in [0, 0.05) is 37.1 Å². The van der Waals surface area contributed by atoms with Crippen molar-refractivity contribution in [3.63, 3.8) is 0 Å². The van der Waals surface area contributed by atoms with E-state index >= 15 is 0 Å². The average molecular weight is 437 g/mol. The molecule has 0 saturated carbocycles. The molecule has 0 aliphatic carbocycles. The van der Waals surface area contributed by atoms with Crippen molar-refractivity contribution in [1.82, 2.24) is 14.7 Å². The number of nitrogens with zero attached hydrogens (tertiary/aromatic N) is 2. The number of fused-ring (bicyclic) bond motifs is 1. The molecule has 0 atom stereocenters. The van der Waals surface area contributed by atoms with Crippen molar-refractivity contribution < 1.29 is 8.42 Å². The molecular weight excluding hydrogens is 412 g/mol. The topological polar surface area (TPSA) is 150 Å². The normalized spacial score (nSPS) is 12.0. The van der Waals surface area contributed by atoms with Crippen LogP contribution in [-0.4, -0.2) is 31.5 Å². The first-order valence-electron chi connectivity index (χ1n) is 9.46. The van der Waals surface area contributed by atoms with E-state index in [2.05, 4.69) is 21.3 Å². The summed E-state index contributed by atoms with van der Waals surface area (Å²) in [5, 5.41) is 0.898. The zero-order chi connectivity index (χ0) is 22.4. The summed E-state index contributed by atoms with van der Waals surface area (Å²) in [7, 11) is -3.93. The molecule has 0 radical (unpaired) electrons. The predicted octanol–water partition coefficient (Wildman–Crippen LogP) is 1.83. The lowest BCUT2D eigenvalue weighted by atomic mass is 9.97. The molecular formula is C22H24N6O2S. The molecule has 0 fully saturated rings. The number of pyridine rings is 2. The monoisotopic (exact) mass is 436 g/mol. The fourth-order valence-corrected chi connectivity index (χ4v) is 4.23. The van der Waals surface area contributed by atoms with Crippen molar-refractivity contribution in [2.24, 2.45) is 17.2 Å². The Morgan fingerprint density at radius 3 is 2.48 bits per heavy atom. The highest BCUT2D eigenvalue weighted by Gasteiger charge is 2.19. The zero-order valence-electron chi connectivity index (χ0n) is 16.8. The van der Waals surface area contributed by atoms with E-state index in [4.69, 9.17) is 17.2 Å². The van der Waals surface area contributed by atoms with Gasteiger partial charge in [0.05, 0.1) is 5.52 Å². The summed E-state index contributed by atoms with van der Waals surface area (Å²) < 4.78 is 27.5. The lowest BCUT2D eigenvalue weighted by Gasteiger charge is -2.12. The molecule has 7 N–H and O–H groups in total. The Morgan fingerprint density at radius 2 is 1.84 bits per heavy atom. The SMILES string of the molecule is C=C/C(=C\C(=C(N)N)S(=O)(=O)NCCN)c1ccc2nccc(-c3ccncc3)c2c1. The van der Waals surface area contributed by atoms with Crippen LogP contribution in [0.1, 0.15) is 5.56 Å². The lowest BCUT2D eigenvalue weighted by Crippen LogP contribution is -2.32. The number of sulfonamides is 1. The molecule has 0 amide bonds. The van der Waals surface area contributed by atoms with Crippen molar-refractivity contribution in [2.45, 2.75) is 0 Å². The van der Waals surface area contributed by atoms with E-state index in [1.54, 1.807) is 24.7 Å². The minimum Gasteiger partial charge on any atom is -0.385 e. The highest BCUT2D eigenvalue weighted by molar-refractivity contribution is 7.93. The summed E-state index contributed by atoms with van der Waals surface area (Å²) in [6.45, 7) is 4.03. The summed E-state index contributed by atoms with van der Waals surface area (Å²) in [5.41, 5.74) is 20.8. The minimum absolute atomic E-state index is 0.0628. The second-order valence-corrected chi connectivity index (χ2v) is 8.37. The maximum Gasteiger partial charge on any atom is 0.244 e. The second kappa shape index (κ2) is 9.52. The standard InChI is InChI=1S/C22H24N6O2S/c1-2-15(14-21(22(24)25)31(29,30)28-12-8-23)17-3-4-20-19(13-17)18(7-11-27-20)16-5-9-26-10-6-16/h2-7,9-11,13-14,28H,1,8,12,23-25H2/b15-14+. The first kappa shape index (κ1) is 22.2. The fourth-order valence-electron chi connectivity index (χ4n) is 3.10. The molecule has 0 spiro atoms. The number of nitrogens with one attached hydrogen (secondary N) is 1. The molecule has 160 valence electrons. The van der Waals surface area contributed by atoms with Gasteiger partial charge in [-0.25, -0.2) is 13.1 Å². The van der Waals surface area contributed by atoms with E-state index in [0.29, 0.717) is 5.57 Å². The Kier molecular flexibility index (Phi) is 6.81. The maximum absolute atomic E-state index is 12.6. The summed E-state index contributed by atoms with van der Waals surface area (Å²) in [6, 6.07) is 11.4. The van der Waals surface area contributed by atoms with Crippen molar-refractivity contribution in [1.29, 1.82) is 0 Å². The van der Waals surface area contributed by atoms with Crippen LogP contribution >= 0.6 is 0 Å². The Morgan fingerprint density at radius 1 is 1.10 bits per heavy atom. The van der Waals surface area contributed by atoms with E-state index in [-0.39, 0.29) is 23.8 Å². The quantitative estimate of drug-likeness (QED) is 0.393. The fraction of sp³-hybridized carbons (Fsp3) is 0.0909. The number of benzene rings is 1. The molecule has 9 heteroatoms. The van der Waals surface area contributed by atoms with Gasteiger partial charge in [-0.05, 0) is 58.7 Å². The van der Waals surface area contributed by atoms with Gasteiger partial charge in [-0.1, -0.05) is 18.7 Å². The van der Waals surface area contributed by atoms with Gasteiger partial charge in [-0.2, -0.15) is 0 Å². The molecule has 3 aromatic rings. The van der Waals surface area contributed by atoms with Crippen LogP contribution < -0.4 is 21.9 Å². The van der Waals surface area contributed by atoms with Crippen LogP contribution in [0.3, 0.4) is 0 Å². The van der Waals surface area contributed by atoms with E-state index in [0.717, 1.165) is 27.6 Å². The van der Waals surface area contributed by atoms with Crippen LogP contribution in [0.4, 0.5) is 0 Å². The summed E-state index contributed by atoms with van der Waals surface area (Å²) in [5.74, 6) is -0.330. The van der Waals surface area contributed by atoms with E-state index < -0.39 is 10.0 Å². The third kappa shape index (κ3) is 4.97. The van der Waals surface area contributed by atoms with Crippen molar-refractivity contribution in [2.75, 3.05) is 13.1 Å². The van der Waals surface area contributed by atoms with Crippen molar-refractivity contribution in [3.8, 4) is 11.1 Å². The lowest BCUT2D eigenvalue weighted by molar-refractivity contribution is 0.589. The first-order chi connectivity index (χ1) is 14.9. The largest absolute Gasteiger partial charge is 0.385 e. The Labute approximate surface area is 181 Å². The number of nitrogens with two attached hydrogens (primary N) is 3. The van der Waals surface area contributed by atoms with Gasteiger partial charge in [0.15, 0.2) is 0 Å². The molecule has 2 aromatic heterocycles. The molecule has 0 saturated heterocycles. The molecule has 3 rings (SSSR count). The van der Waals surface area contributed by atoms with E-state index in [1.807, 2.05) is 36.4 Å². The van der Waals surface area contributed by atoms with Gasteiger partial charge in [-0.3, -0.25) is 9.97 Å². The smallest absolute Gasteiger partial charge is 0.244 e. The summed E-state index contributed by atoms with van der Waals surface area (Å²) in [4.78, 5) is 8.25. The Bertz CT molecular complexity index is 1260. The van der Waals surface area contributed by atoms with E-state index in [1.165, 1.54) is 6.08 Å². The number of hydrogen-bond acceptors (Lipinski definition) is 7. The number of allylic oxidation sites excluding steroid dienone is 3. The van der Waals surface area contributed by atoms with Gasteiger partial charge >= 0.3 is 0 Å². The van der Waals surface area contributed by atoms with Crippen LogP contribution in [0.2, 0.25) is 0 Å². The highest BCUT2D eigenvalue weighted by atomic mass is 32.2. The molecule has 8 nitrogen and oxygen atoms in total. The van der Waals surface area contributed by atoms with Gasteiger partial charge < -0.3 is 17.2 Å². The Balaban J connectivity index is 2.15. The molecule has 0 aliphatic rings. The first-order valence-corrected chi connectivity index (χ1v) is 10.9. The van der Waals surface area contributed by atoms with Crippen LogP contribution in [0.5, 0.6) is 0 Å². The maximum atomic E-state index is 12.6. The Hall–Kier alpha value is -3.53. The van der Waals surface area contributed by atoms with Crippen LogP contribution in [0.25, 0.3) is 27.6 Å². The third-order valence-electron chi connectivity index (χ3n) is 4.58. The van der Waals surface area contributed by atoms with Crippen LogP contribution in [0.15, 0.2) is 84.4 Å². The molecule has 0 aliphatic heterocycles. The third-order valence-corrected chi connectivity index (χ3v) is 6.10. The van der Waals surface area contributed by atoms with Crippen molar-refractivity contribution >= 4 is 26.5 Å². The molecule has 2 heterocycles. The predicted molar refractivity (Wildman–Crippen MR) is 125 cm³/mol. The van der Waals surface area contributed by atoms with E-state index in [9.17, 15) is 8.42 Å². The summed E-state index contributed by atoms with van der Waals surface area (Å²) >= 11 is 0. The van der Waals surface area contributed by atoms with Crippen LogP contribution in [-0.2, 0) is 10.0 Å². The minimum atomic E-state index is -3.93. The van der Waals surface area contributed by atoms with Crippen LogP contribution in [0, 0.1) is 0 Å². The van der Waals surface area contributed by atoms with Gasteiger partial charge in [-0.15, -0.1) is 0 Å². The number of aromatic nitrogens is 2. The molecule has 31 heavy (non-hydrogen) atoms. The van der Waals surface area contributed by atoms with Crippen molar-refractivity contribution in [3.05, 3.63) is 90.0 Å². The van der Waals surface area contributed by atoms with Gasteiger partial charge in [0.25, 0.3) is 0 Å². The molecule has 0 bridgehead atoms. The average Bonchev–Trinajstić information content (AvgIpc) is 2.78. The van der Waals surface area contributed by atoms with Gasteiger partial charge in [0.2, 0.25) is 10.0 Å². The number of hydrogen-bond donors (Lipinski definition) is 4. The summed E-state index contributed by atoms with van der Waals surface area (Å²) in [6.07, 6.45) is 8.13. The molecule has 0 unspecified atom stereocenters. The zero-order valence-corrected chi connectivity index (χ0v) is 17.6. The highest BCUT2D eigenvalue weighted by Crippen LogP contribution is 2.30. The van der Waals surface area contributed by atoms with Gasteiger partial charge in [0.1, 0.15) is 10.7 Å².